The molecule has 0 aromatic heterocycles. The Morgan fingerprint density at radius 3 is 0.962 bits per heavy atom. The second kappa shape index (κ2) is 7.68. The van der Waals surface area contributed by atoms with E-state index in [1.165, 1.54) is 21.5 Å². The van der Waals surface area contributed by atoms with Gasteiger partial charge in [0.1, 0.15) is 16.1 Å². The van der Waals surface area contributed by atoms with Crippen LogP contribution in [-0.2, 0) is 0 Å². The van der Waals surface area contributed by atoms with Crippen molar-refractivity contribution in [3.63, 3.8) is 0 Å². The minimum absolute atomic E-state index is 1.26. The monoisotopic (exact) mass is 414 g/mol. The van der Waals surface area contributed by atoms with Gasteiger partial charge in [-0.05, 0) is 10.4 Å². The quantitative estimate of drug-likeness (QED) is 0.459. The van der Waals surface area contributed by atoms with Crippen molar-refractivity contribution in [3.8, 4) is 22.9 Å². The van der Waals surface area contributed by atoms with Gasteiger partial charge >= 0.3 is 0 Å². The molecule has 0 unspecified atom stereocenters. The molecule has 4 heteroatoms. The van der Waals surface area contributed by atoms with E-state index in [0.29, 0.717) is 0 Å². The maximum Gasteiger partial charge on any atom is 0.129 e. The van der Waals surface area contributed by atoms with Gasteiger partial charge in [0.25, 0.3) is 0 Å². The Hall–Kier alpha value is -0.792. The molecule has 0 radical (unpaired) electrons. The van der Waals surface area contributed by atoms with Crippen molar-refractivity contribution in [1.82, 2.24) is 0 Å². The van der Waals surface area contributed by atoms with E-state index in [9.17, 15) is 0 Å². The summed E-state index contributed by atoms with van der Waals surface area (Å²) in [5.41, 5.74) is 9.80. The maximum absolute atomic E-state index is 3.66. The molecule has 0 aliphatic carbocycles. The summed E-state index contributed by atoms with van der Waals surface area (Å²) in [5, 5.41) is 2.95. The molecule has 26 heavy (non-hydrogen) atoms. The fourth-order valence-corrected chi connectivity index (χ4v) is 6.65. The molecule has 0 amide bonds. The molecule has 0 atom stereocenters. The molecule has 0 aliphatic rings. The topological polar surface area (TPSA) is 0 Å². The third-order valence-electron chi connectivity index (χ3n) is 3.95. The van der Waals surface area contributed by atoms with E-state index in [-0.39, 0.29) is 0 Å². The molecule has 0 bridgehead atoms. The smallest absolute Gasteiger partial charge is 0.127 e. The van der Waals surface area contributed by atoms with Gasteiger partial charge in [0.15, 0.2) is 0 Å². The van der Waals surface area contributed by atoms with Gasteiger partial charge in [0.05, 0.1) is 16.1 Å². The minimum atomic E-state index is -1.49. The van der Waals surface area contributed by atoms with Gasteiger partial charge < -0.3 is 0 Å². The zero-order valence-corrected chi connectivity index (χ0v) is 23.2. The van der Waals surface area contributed by atoms with Crippen molar-refractivity contribution >= 4 is 42.7 Å². The van der Waals surface area contributed by atoms with Gasteiger partial charge in [-0.1, -0.05) is 103 Å². The molecular weight excluding hydrogens is 377 g/mol. The summed E-state index contributed by atoms with van der Waals surface area (Å²) in [6, 6.07) is 4.77. The van der Waals surface area contributed by atoms with Gasteiger partial charge in [-0.2, -0.15) is 0 Å². The van der Waals surface area contributed by atoms with Crippen LogP contribution in [0.4, 0.5) is 0 Å². The zero-order valence-electron chi connectivity index (χ0n) is 19.2. The summed E-state index contributed by atoms with van der Waals surface area (Å²) in [5.74, 6) is 7.32. The fraction of sp³-hybridized carbons (Fsp3) is 0.545. The Labute approximate surface area is 167 Å². The molecule has 0 aliphatic heterocycles. The third-order valence-corrected chi connectivity index (χ3v) is 9.76. The first kappa shape index (κ1) is 23.2. The molecule has 0 fully saturated rings. The van der Waals surface area contributed by atoms with Crippen molar-refractivity contribution in [2.75, 3.05) is 0 Å². The summed E-state index contributed by atoms with van der Waals surface area (Å²) in [7, 11) is -5.86. The van der Waals surface area contributed by atoms with Crippen LogP contribution in [0.3, 0.4) is 0 Å². The second-order valence-corrected chi connectivity index (χ2v) is 31.0. The normalized spacial score (nSPS) is 12.8. The van der Waals surface area contributed by atoms with Gasteiger partial charge in [-0.3, -0.25) is 0 Å². The Morgan fingerprint density at radius 1 is 0.500 bits per heavy atom. The van der Waals surface area contributed by atoms with Gasteiger partial charge in [-0.25, -0.2) is 0 Å². The van der Waals surface area contributed by atoms with Crippen LogP contribution in [0, 0.1) is 22.9 Å². The Bertz CT molecular complexity index is 715. The Morgan fingerprint density at radius 2 is 0.769 bits per heavy atom. The number of benzene rings is 1. The lowest BCUT2D eigenvalue weighted by molar-refractivity contribution is 1.59. The van der Waals surface area contributed by atoms with E-state index in [4.69, 9.17) is 0 Å². The average molecular weight is 415 g/mol. The van der Waals surface area contributed by atoms with Crippen molar-refractivity contribution in [2.24, 2.45) is 0 Å². The molecule has 142 valence electrons. The lowest BCUT2D eigenvalue weighted by atomic mass is 10.1. The predicted octanol–water partition coefficient (Wildman–Crippen LogP) is 5.23. The van der Waals surface area contributed by atoms with Crippen LogP contribution in [0.15, 0.2) is 12.1 Å². The number of rotatable bonds is 2. The van der Waals surface area contributed by atoms with Crippen LogP contribution in [0.5, 0.6) is 0 Å². The van der Waals surface area contributed by atoms with E-state index < -0.39 is 32.3 Å². The Kier molecular flexibility index (Phi) is 6.87. The molecule has 0 spiro atoms. The summed E-state index contributed by atoms with van der Waals surface area (Å²) in [6.07, 6.45) is 0. The largest absolute Gasteiger partial charge is 0.129 e. The highest BCUT2D eigenvalue weighted by Crippen LogP contribution is 2.15. The van der Waals surface area contributed by atoms with Crippen molar-refractivity contribution in [1.29, 1.82) is 0 Å². The standard InChI is InChI=1S/C22H38Si4/c1-23(2,3)17-15-19-20(16-18-24(4,5)6)22(26(10,11)12)14-13-21(19)25(7,8)9/h13-14H,1-12H3. The highest BCUT2D eigenvalue weighted by molar-refractivity contribution is 6.91. The summed E-state index contributed by atoms with van der Waals surface area (Å²) < 4.78 is 0. The van der Waals surface area contributed by atoms with E-state index in [0.717, 1.165) is 0 Å². The highest BCUT2D eigenvalue weighted by atomic mass is 28.3. The van der Waals surface area contributed by atoms with Crippen LogP contribution >= 0.6 is 0 Å². The average Bonchev–Trinajstić information content (AvgIpc) is 2.38. The first-order valence-corrected chi connectivity index (χ1v) is 23.7. The zero-order chi connectivity index (χ0) is 20.6. The van der Waals surface area contributed by atoms with Gasteiger partial charge in [-0.15, -0.1) is 11.1 Å². The first-order chi connectivity index (χ1) is 11.4. The molecule has 1 aromatic carbocycles. The van der Waals surface area contributed by atoms with E-state index in [2.05, 4.69) is 114 Å². The SMILES string of the molecule is C[Si](C)(C)C#Cc1c([Si](C)(C)C)ccc([Si](C)(C)C)c1C#C[Si](C)(C)C. The van der Waals surface area contributed by atoms with Crippen molar-refractivity contribution in [3.05, 3.63) is 23.3 Å². The lowest BCUT2D eigenvalue weighted by Gasteiger charge is -2.26. The molecule has 0 N–H and O–H groups in total. The molecule has 0 heterocycles. The van der Waals surface area contributed by atoms with E-state index in [1.807, 2.05) is 0 Å². The molecule has 0 nitrogen and oxygen atoms in total. The number of hydrogen-bond acceptors (Lipinski definition) is 0. The highest BCUT2D eigenvalue weighted by Gasteiger charge is 2.27. The van der Waals surface area contributed by atoms with E-state index >= 15 is 0 Å². The van der Waals surface area contributed by atoms with Crippen molar-refractivity contribution < 1.29 is 0 Å². The minimum Gasteiger partial charge on any atom is -0.127 e. The van der Waals surface area contributed by atoms with E-state index in [1.54, 1.807) is 0 Å². The summed E-state index contributed by atoms with van der Waals surface area (Å²) in [4.78, 5) is 0. The number of hydrogen-bond donors (Lipinski definition) is 0. The summed E-state index contributed by atoms with van der Waals surface area (Å²) >= 11 is 0. The van der Waals surface area contributed by atoms with Crippen LogP contribution < -0.4 is 10.4 Å². The predicted molar refractivity (Wildman–Crippen MR) is 133 cm³/mol. The van der Waals surface area contributed by atoms with Crippen LogP contribution in [0.2, 0.25) is 78.6 Å². The third kappa shape index (κ3) is 7.08. The molecule has 1 rings (SSSR count). The first-order valence-electron chi connectivity index (χ1n) is 9.66. The molecular formula is C22H38Si4. The fourth-order valence-electron chi connectivity index (χ4n) is 2.61. The lowest BCUT2D eigenvalue weighted by Crippen LogP contribution is -2.46. The second-order valence-electron chi connectivity index (χ2n) is 11.4. The Balaban J connectivity index is 3.98. The summed E-state index contributed by atoms with van der Waals surface area (Å²) in [6.45, 7) is 28.5. The molecule has 0 saturated carbocycles. The van der Waals surface area contributed by atoms with Crippen LogP contribution in [-0.4, -0.2) is 32.3 Å². The maximum atomic E-state index is 3.66. The molecule has 1 aromatic rings. The van der Waals surface area contributed by atoms with Crippen molar-refractivity contribution in [2.45, 2.75) is 78.6 Å². The van der Waals surface area contributed by atoms with Crippen LogP contribution in [0.25, 0.3) is 0 Å². The molecule has 0 saturated heterocycles. The van der Waals surface area contributed by atoms with Crippen LogP contribution in [0.1, 0.15) is 11.1 Å². The van der Waals surface area contributed by atoms with Gasteiger partial charge in [0.2, 0.25) is 0 Å². The van der Waals surface area contributed by atoms with Gasteiger partial charge in [0, 0.05) is 11.1 Å².